The van der Waals surface area contributed by atoms with Gasteiger partial charge < -0.3 is 15.4 Å². The summed E-state index contributed by atoms with van der Waals surface area (Å²) in [7, 11) is 0. The van der Waals surface area contributed by atoms with Crippen molar-refractivity contribution >= 4 is 35.0 Å². The average Bonchev–Trinajstić information content (AvgIpc) is 3.29. The van der Waals surface area contributed by atoms with E-state index in [4.69, 9.17) is 9.72 Å². The first-order valence-electron chi connectivity index (χ1n) is 13.0. The second kappa shape index (κ2) is 10.5. The van der Waals surface area contributed by atoms with Crippen LogP contribution in [0.25, 0.3) is 29.0 Å². The van der Waals surface area contributed by atoms with E-state index in [0.717, 1.165) is 64.1 Å². The summed E-state index contributed by atoms with van der Waals surface area (Å²) in [4.78, 5) is 17.4. The predicted molar refractivity (Wildman–Crippen MR) is 153 cm³/mol. The Morgan fingerprint density at radius 1 is 0.947 bits per heavy atom. The number of fused-ring (bicyclic) bond motifs is 1. The molecule has 188 valence electrons. The van der Waals surface area contributed by atoms with Crippen molar-refractivity contribution in [1.29, 1.82) is 0 Å². The van der Waals surface area contributed by atoms with Crippen LogP contribution in [0.2, 0.25) is 0 Å². The number of esters is 1. The number of aromatic nitrogens is 1. The molecule has 1 fully saturated rings. The van der Waals surface area contributed by atoms with Crippen molar-refractivity contribution in [3.05, 3.63) is 130 Å². The van der Waals surface area contributed by atoms with E-state index >= 15 is 0 Å². The summed E-state index contributed by atoms with van der Waals surface area (Å²) in [6, 6.07) is 20.4. The molecule has 1 saturated heterocycles. The molecule has 3 aromatic rings. The Balaban J connectivity index is 1.39. The molecule has 6 rings (SSSR count). The van der Waals surface area contributed by atoms with Crippen LogP contribution in [0.1, 0.15) is 39.3 Å². The van der Waals surface area contributed by atoms with Crippen LogP contribution in [0.4, 0.5) is 0 Å². The number of pyridine rings is 1. The zero-order valence-electron chi connectivity index (χ0n) is 21.3. The van der Waals surface area contributed by atoms with Crippen LogP contribution >= 0.6 is 0 Å². The maximum absolute atomic E-state index is 12.7. The van der Waals surface area contributed by atoms with Crippen molar-refractivity contribution < 1.29 is 9.53 Å². The first kappa shape index (κ1) is 23.9. The highest BCUT2D eigenvalue weighted by atomic mass is 16.5. The van der Waals surface area contributed by atoms with Gasteiger partial charge in [-0.05, 0) is 83.0 Å². The Morgan fingerprint density at radius 3 is 2.68 bits per heavy atom. The van der Waals surface area contributed by atoms with E-state index in [0.29, 0.717) is 5.56 Å². The molecule has 2 aromatic carbocycles. The number of hydrogen-bond acceptors (Lipinski definition) is 5. The number of rotatable bonds is 5. The van der Waals surface area contributed by atoms with Gasteiger partial charge >= 0.3 is 5.97 Å². The van der Waals surface area contributed by atoms with Crippen LogP contribution in [-0.4, -0.2) is 30.1 Å². The van der Waals surface area contributed by atoms with Crippen LogP contribution in [-0.2, 0) is 4.74 Å². The maximum atomic E-state index is 12.7. The van der Waals surface area contributed by atoms with E-state index < -0.39 is 0 Å². The standard InChI is InChI=1S/C33H29N3O2/c1-22-7-4-13-31(36-22)32-30(12-2-3-16-35-32)26-15-14-23-8-5-9-25(18-28(23)19-26)24-10-6-11-27(17-24)33(37)38-29-20-34-21-29/h2-4,6-19,29,34-35H,5,20-21H2,1H3. The molecule has 1 aromatic heterocycles. The Labute approximate surface area is 222 Å². The van der Waals surface area contributed by atoms with Gasteiger partial charge in [-0.25, -0.2) is 4.79 Å². The first-order chi connectivity index (χ1) is 18.6. The second-order valence-electron chi connectivity index (χ2n) is 9.67. The van der Waals surface area contributed by atoms with Crippen molar-refractivity contribution in [3.63, 3.8) is 0 Å². The van der Waals surface area contributed by atoms with Crippen molar-refractivity contribution in [1.82, 2.24) is 15.6 Å². The molecule has 5 nitrogen and oxygen atoms in total. The number of nitrogens with one attached hydrogen (secondary N) is 2. The summed E-state index contributed by atoms with van der Waals surface area (Å²) in [5.74, 6) is -0.271. The van der Waals surface area contributed by atoms with Crippen molar-refractivity contribution in [2.24, 2.45) is 0 Å². The molecule has 0 saturated carbocycles. The lowest BCUT2D eigenvalue weighted by Gasteiger charge is -2.26. The molecule has 0 spiro atoms. The van der Waals surface area contributed by atoms with Crippen molar-refractivity contribution in [2.45, 2.75) is 19.4 Å². The normalized spacial score (nSPS) is 16.6. The van der Waals surface area contributed by atoms with Gasteiger partial charge in [0.1, 0.15) is 6.10 Å². The largest absolute Gasteiger partial charge is 0.456 e. The molecule has 38 heavy (non-hydrogen) atoms. The highest BCUT2D eigenvalue weighted by Crippen LogP contribution is 2.26. The lowest BCUT2D eigenvalue weighted by molar-refractivity contribution is 0.0169. The third kappa shape index (κ3) is 5.01. The predicted octanol–water partition coefficient (Wildman–Crippen LogP) is 4.11. The molecule has 5 heteroatoms. The molecule has 0 bridgehead atoms. The summed E-state index contributed by atoms with van der Waals surface area (Å²) in [6.07, 6.45) is 15.5. The van der Waals surface area contributed by atoms with E-state index in [1.54, 1.807) is 0 Å². The monoisotopic (exact) mass is 499 g/mol. The van der Waals surface area contributed by atoms with Gasteiger partial charge in [-0.15, -0.1) is 0 Å². The average molecular weight is 500 g/mol. The van der Waals surface area contributed by atoms with E-state index in [1.807, 2.05) is 67.7 Å². The Hall–Kier alpha value is -4.48. The van der Waals surface area contributed by atoms with Gasteiger partial charge in [-0.2, -0.15) is 0 Å². The molecule has 3 aliphatic rings. The number of benzene rings is 2. The molecular weight excluding hydrogens is 470 g/mol. The zero-order valence-corrected chi connectivity index (χ0v) is 21.3. The number of allylic oxidation sites excluding steroid dienone is 6. The summed E-state index contributed by atoms with van der Waals surface area (Å²) in [5.41, 5.74) is 7.70. The molecule has 0 unspecified atom stereocenters. The minimum absolute atomic E-state index is 0.0355. The SMILES string of the molecule is Cc1cccc(C2=C(c3ccc4c(c3)=CC(c3cccc(C(=O)OC5CNC5)c3)=CCC=4)C=CC=CN2)n1. The lowest BCUT2D eigenvalue weighted by atomic mass is 9.98. The van der Waals surface area contributed by atoms with E-state index in [9.17, 15) is 4.79 Å². The minimum atomic E-state index is -0.271. The van der Waals surface area contributed by atoms with Gasteiger partial charge in [0, 0.05) is 30.6 Å². The highest BCUT2D eigenvalue weighted by molar-refractivity contribution is 5.96. The van der Waals surface area contributed by atoms with Crippen LogP contribution in [0.3, 0.4) is 0 Å². The van der Waals surface area contributed by atoms with Crippen LogP contribution in [0, 0.1) is 6.92 Å². The van der Waals surface area contributed by atoms with Crippen LogP contribution in [0.5, 0.6) is 0 Å². The Bertz CT molecular complexity index is 1660. The summed E-state index contributed by atoms with van der Waals surface area (Å²) in [6.45, 7) is 3.45. The van der Waals surface area contributed by atoms with Crippen molar-refractivity contribution in [3.8, 4) is 0 Å². The smallest absolute Gasteiger partial charge is 0.338 e. The van der Waals surface area contributed by atoms with Gasteiger partial charge in [0.25, 0.3) is 0 Å². The van der Waals surface area contributed by atoms with Gasteiger partial charge in [0.15, 0.2) is 0 Å². The number of aryl methyl sites for hydroxylation is 1. The summed E-state index contributed by atoms with van der Waals surface area (Å²) < 4.78 is 5.58. The second-order valence-corrected chi connectivity index (χ2v) is 9.67. The molecule has 2 aliphatic heterocycles. The quantitative estimate of drug-likeness (QED) is 0.518. The van der Waals surface area contributed by atoms with E-state index in [-0.39, 0.29) is 12.1 Å². The van der Waals surface area contributed by atoms with Crippen LogP contribution < -0.4 is 21.1 Å². The molecule has 0 atom stereocenters. The number of hydrogen-bond donors (Lipinski definition) is 2. The van der Waals surface area contributed by atoms with E-state index in [1.165, 1.54) is 5.22 Å². The van der Waals surface area contributed by atoms with Crippen LogP contribution in [0.15, 0.2) is 91.2 Å². The number of carbonyl (C=O) groups is 1. The number of nitrogens with zero attached hydrogens (tertiary/aromatic N) is 1. The summed E-state index contributed by atoms with van der Waals surface area (Å²) >= 11 is 0. The highest BCUT2D eigenvalue weighted by Gasteiger charge is 2.22. The Kier molecular flexibility index (Phi) is 6.59. The molecule has 2 N–H and O–H groups in total. The fourth-order valence-electron chi connectivity index (χ4n) is 4.82. The van der Waals surface area contributed by atoms with Gasteiger partial charge in [-0.3, -0.25) is 4.98 Å². The molecule has 0 amide bonds. The molecule has 1 aliphatic carbocycles. The first-order valence-corrected chi connectivity index (χ1v) is 13.0. The zero-order chi connectivity index (χ0) is 25.9. The molecular formula is C33H29N3O2. The summed E-state index contributed by atoms with van der Waals surface area (Å²) in [5, 5.41) is 8.89. The topological polar surface area (TPSA) is 63.2 Å². The fourth-order valence-corrected chi connectivity index (χ4v) is 4.82. The number of ether oxygens (including phenoxy) is 1. The van der Waals surface area contributed by atoms with Gasteiger partial charge in [0.2, 0.25) is 0 Å². The number of carbonyl (C=O) groups excluding carboxylic acids is 1. The minimum Gasteiger partial charge on any atom is -0.456 e. The van der Waals surface area contributed by atoms with Crippen molar-refractivity contribution in [2.75, 3.05) is 13.1 Å². The third-order valence-corrected chi connectivity index (χ3v) is 6.95. The lowest BCUT2D eigenvalue weighted by Crippen LogP contribution is -2.49. The third-order valence-electron chi connectivity index (χ3n) is 6.95. The molecule has 3 heterocycles. The molecule has 0 radical (unpaired) electrons. The fraction of sp³-hybridized carbons (Fsp3) is 0.152. The van der Waals surface area contributed by atoms with E-state index in [2.05, 4.69) is 53.1 Å². The van der Waals surface area contributed by atoms with Gasteiger partial charge in [0.05, 0.1) is 17.0 Å². The van der Waals surface area contributed by atoms with Gasteiger partial charge in [-0.1, -0.05) is 54.6 Å². The Morgan fingerprint density at radius 2 is 1.84 bits per heavy atom. The maximum Gasteiger partial charge on any atom is 0.338 e.